The molecule has 0 spiro atoms. The number of rotatable bonds is 6. The van der Waals surface area contributed by atoms with Crippen LogP contribution in [0.4, 0.5) is 0 Å². The van der Waals surface area contributed by atoms with Crippen LogP contribution < -0.4 is 9.47 Å². The SMILES string of the molecule is CCS(=O)(=O)c1ccc(Oc2ccc(Cl)cc2)c(-c2cn(C)c3c(OC)nccc23)c1. The van der Waals surface area contributed by atoms with Gasteiger partial charge in [0.2, 0.25) is 5.88 Å². The molecule has 0 bridgehead atoms. The molecular weight excluding hydrogens is 436 g/mol. The van der Waals surface area contributed by atoms with Crippen molar-refractivity contribution in [2.45, 2.75) is 11.8 Å². The Morgan fingerprint density at radius 3 is 2.48 bits per heavy atom. The summed E-state index contributed by atoms with van der Waals surface area (Å²) in [7, 11) is 0.0586. The molecule has 0 radical (unpaired) electrons. The van der Waals surface area contributed by atoms with Gasteiger partial charge in [0, 0.05) is 41.0 Å². The van der Waals surface area contributed by atoms with E-state index in [1.54, 1.807) is 62.7 Å². The maximum absolute atomic E-state index is 12.6. The van der Waals surface area contributed by atoms with E-state index in [1.807, 2.05) is 23.9 Å². The van der Waals surface area contributed by atoms with Crippen molar-refractivity contribution in [2.24, 2.45) is 7.05 Å². The van der Waals surface area contributed by atoms with Crippen molar-refractivity contribution < 1.29 is 17.9 Å². The molecule has 0 aliphatic rings. The van der Waals surface area contributed by atoms with E-state index in [1.165, 1.54) is 0 Å². The number of halogens is 1. The number of aromatic nitrogens is 2. The molecule has 0 N–H and O–H groups in total. The van der Waals surface area contributed by atoms with E-state index in [0.717, 1.165) is 16.5 Å². The van der Waals surface area contributed by atoms with E-state index in [0.29, 0.717) is 28.0 Å². The Labute approximate surface area is 185 Å². The Kier molecular flexibility index (Phi) is 5.64. The molecule has 0 fully saturated rings. The second-order valence-electron chi connectivity index (χ2n) is 6.99. The van der Waals surface area contributed by atoms with Crippen molar-refractivity contribution in [3.05, 3.63) is 65.9 Å². The average Bonchev–Trinajstić information content (AvgIpc) is 3.12. The first-order valence-electron chi connectivity index (χ1n) is 9.62. The zero-order chi connectivity index (χ0) is 22.2. The number of fused-ring (bicyclic) bond motifs is 1. The summed E-state index contributed by atoms with van der Waals surface area (Å²) >= 11 is 5.98. The minimum Gasteiger partial charge on any atom is -0.479 e. The van der Waals surface area contributed by atoms with Gasteiger partial charge in [-0.25, -0.2) is 13.4 Å². The number of ether oxygens (including phenoxy) is 2. The first-order chi connectivity index (χ1) is 14.8. The monoisotopic (exact) mass is 456 g/mol. The highest BCUT2D eigenvalue weighted by atomic mass is 35.5. The predicted molar refractivity (Wildman–Crippen MR) is 122 cm³/mol. The molecule has 4 rings (SSSR count). The van der Waals surface area contributed by atoms with E-state index < -0.39 is 9.84 Å². The fourth-order valence-corrected chi connectivity index (χ4v) is 4.52. The summed E-state index contributed by atoms with van der Waals surface area (Å²) in [6.07, 6.45) is 3.58. The lowest BCUT2D eigenvalue weighted by atomic mass is 10.0. The standard InChI is InChI=1S/C23H21ClN2O4S/c1-4-31(27,28)17-9-10-21(30-16-7-5-15(24)6-8-16)19(13-17)20-14-26(2)22-18(20)11-12-25-23(22)29-3/h5-14H,4H2,1-3H3. The molecule has 160 valence electrons. The minimum atomic E-state index is -3.40. The molecule has 6 nitrogen and oxygen atoms in total. The molecule has 0 saturated carbocycles. The van der Waals surface area contributed by atoms with Crippen LogP contribution in [0.15, 0.2) is 65.8 Å². The van der Waals surface area contributed by atoms with Crippen LogP contribution in [0.3, 0.4) is 0 Å². The Balaban J connectivity index is 1.95. The van der Waals surface area contributed by atoms with Crippen LogP contribution in [-0.2, 0) is 16.9 Å². The Morgan fingerprint density at radius 1 is 1.06 bits per heavy atom. The molecule has 2 aromatic carbocycles. The van der Waals surface area contributed by atoms with Gasteiger partial charge in [0.1, 0.15) is 17.0 Å². The van der Waals surface area contributed by atoms with Gasteiger partial charge in [0.15, 0.2) is 9.84 Å². The lowest BCUT2D eigenvalue weighted by Gasteiger charge is -2.13. The van der Waals surface area contributed by atoms with Gasteiger partial charge in [0.25, 0.3) is 0 Å². The number of benzene rings is 2. The third kappa shape index (κ3) is 3.98. The van der Waals surface area contributed by atoms with E-state index in [4.69, 9.17) is 21.1 Å². The molecular formula is C23H21ClN2O4S. The highest BCUT2D eigenvalue weighted by molar-refractivity contribution is 7.91. The highest BCUT2D eigenvalue weighted by Crippen LogP contribution is 2.41. The van der Waals surface area contributed by atoms with Gasteiger partial charge in [-0.1, -0.05) is 18.5 Å². The Hall–Kier alpha value is -3.03. The second kappa shape index (κ2) is 8.24. The molecule has 31 heavy (non-hydrogen) atoms. The van der Waals surface area contributed by atoms with E-state index >= 15 is 0 Å². The van der Waals surface area contributed by atoms with Gasteiger partial charge in [-0.3, -0.25) is 0 Å². The molecule has 8 heteroatoms. The number of nitrogens with zero attached hydrogens (tertiary/aromatic N) is 2. The summed E-state index contributed by atoms with van der Waals surface area (Å²) in [6, 6.07) is 13.8. The fourth-order valence-electron chi connectivity index (χ4n) is 3.48. The number of hydrogen-bond acceptors (Lipinski definition) is 5. The van der Waals surface area contributed by atoms with Gasteiger partial charge in [-0.05, 0) is 48.5 Å². The second-order valence-corrected chi connectivity index (χ2v) is 9.70. The van der Waals surface area contributed by atoms with Crippen LogP contribution in [0.5, 0.6) is 17.4 Å². The van der Waals surface area contributed by atoms with Crippen LogP contribution in [0.2, 0.25) is 5.02 Å². The van der Waals surface area contributed by atoms with Crippen LogP contribution >= 0.6 is 11.6 Å². The summed E-state index contributed by atoms with van der Waals surface area (Å²) in [5, 5.41) is 1.48. The number of methoxy groups -OCH3 is 1. The molecule has 4 aromatic rings. The predicted octanol–water partition coefficient (Wildman–Crippen LogP) is 5.49. The van der Waals surface area contributed by atoms with Crippen molar-refractivity contribution in [3.8, 4) is 28.5 Å². The maximum atomic E-state index is 12.6. The first-order valence-corrected chi connectivity index (χ1v) is 11.7. The maximum Gasteiger partial charge on any atom is 0.238 e. The normalized spacial score (nSPS) is 11.6. The number of hydrogen-bond donors (Lipinski definition) is 0. The van der Waals surface area contributed by atoms with Gasteiger partial charge in [0.05, 0.1) is 17.8 Å². The zero-order valence-corrected chi connectivity index (χ0v) is 18.9. The summed E-state index contributed by atoms with van der Waals surface area (Å²) in [5.41, 5.74) is 2.28. The van der Waals surface area contributed by atoms with Gasteiger partial charge in [-0.2, -0.15) is 0 Å². The lowest BCUT2D eigenvalue weighted by Crippen LogP contribution is -2.04. The van der Waals surface area contributed by atoms with E-state index in [2.05, 4.69) is 4.98 Å². The van der Waals surface area contributed by atoms with Crippen molar-refractivity contribution in [3.63, 3.8) is 0 Å². The molecule has 2 aromatic heterocycles. The molecule has 0 atom stereocenters. The summed E-state index contributed by atoms with van der Waals surface area (Å²) in [4.78, 5) is 4.52. The number of sulfone groups is 1. The van der Waals surface area contributed by atoms with Crippen LogP contribution in [0.25, 0.3) is 22.0 Å². The van der Waals surface area contributed by atoms with Gasteiger partial charge >= 0.3 is 0 Å². The average molecular weight is 457 g/mol. The van der Waals surface area contributed by atoms with Gasteiger partial charge in [-0.15, -0.1) is 0 Å². The van der Waals surface area contributed by atoms with Gasteiger partial charge < -0.3 is 14.0 Å². The summed E-state index contributed by atoms with van der Waals surface area (Å²) in [6.45, 7) is 1.63. The largest absolute Gasteiger partial charge is 0.479 e. The van der Waals surface area contributed by atoms with Crippen molar-refractivity contribution in [1.82, 2.24) is 9.55 Å². The van der Waals surface area contributed by atoms with Crippen LogP contribution in [0, 0.1) is 0 Å². The topological polar surface area (TPSA) is 70.4 Å². The van der Waals surface area contributed by atoms with Crippen molar-refractivity contribution in [1.29, 1.82) is 0 Å². The Morgan fingerprint density at radius 2 is 1.81 bits per heavy atom. The van der Waals surface area contributed by atoms with Crippen LogP contribution in [-0.4, -0.2) is 30.8 Å². The summed E-state index contributed by atoms with van der Waals surface area (Å²) < 4.78 is 38.6. The van der Waals surface area contributed by atoms with Crippen LogP contribution in [0.1, 0.15) is 6.92 Å². The third-order valence-electron chi connectivity index (χ3n) is 5.07. The summed E-state index contributed by atoms with van der Waals surface area (Å²) in [5.74, 6) is 1.62. The number of pyridine rings is 1. The lowest BCUT2D eigenvalue weighted by molar-refractivity contribution is 0.401. The first kappa shape index (κ1) is 21.2. The van der Waals surface area contributed by atoms with Crippen molar-refractivity contribution >= 4 is 32.3 Å². The molecule has 0 amide bonds. The molecule has 2 heterocycles. The molecule has 0 aliphatic heterocycles. The number of aryl methyl sites for hydroxylation is 1. The molecule has 0 unspecified atom stereocenters. The highest BCUT2D eigenvalue weighted by Gasteiger charge is 2.20. The van der Waals surface area contributed by atoms with E-state index in [-0.39, 0.29) is 10.6 Å². The molecule has 0 aliphatic carbocycles. The quantitative estimate of drug-likeness (QED) is 0.383. The zero-order valence-electron chi connectivity index (χ0n) is 17.3. The molecule has 0 saturated heterocycles. The minimum absolute atomic E-state index is 0.0110. The smallest absolute Gasteiger partial charge is 0.238 e. The van der Waals surface area contributed by atoms with Crippen molar-refractivity contribution in [2.75, 3.05) is 12.9 Å². The third-order valence-corrected chi connectivity index (χ3v) is 7.06. The fraction of sp³-hybridized carbons (Fsp3) is 0.174. The van der Waals surface area contributed by atoms with E-state index in [9.17, 15) is 8.42 Å². The Bertz CT molecular complexity index is 1360.